The van der Waals surface area contributed by atoms with Gasteiger partial charge in [0.25, 0.3) is 5.56 Å². The molecule has 0 fully saturated rings. The van der Waals surface area contributed by atoms with Gasteiger partial charge in [0, 0.05) is 12.1 Å². The number of hydrogen-bond donors (Lipinski definition) is 0. The van der Waals surface area contributed by atoms with E-state index in [2.05, 4.69) is 0 Å². The fraction of sp³-hybridized carbons (Fsp3) is 0.269. The van der Waals surface area contributed by atoms with Crippen molar-refractivity contribution in [2.75, 3.05) is 6.61 Å². The number of nitrogens with zero attached hydrogens (tertiary/aromatic N) is 1. The van der Waals surface area contributed by atoms with Crippen LogP contribution >= 0.6 is 0 Å². The summed E-state index contributed by atoms with van der Waals surface area (Å²) in [4.78, 5) is 39.8. The third-order valence-corrected chi connectivity index (χ3v) is 6.56. The van der Waals surface area contributed by atoms with Gasteiger partial charge in [0.2, 0.25) is 6.10 Å². The first kappa shape index (κ1) is 19.8. The maximum absolute atomic E-state index is 13.7. The van der Waals surface area contributed by atoms with Crippen molar-refractivity contribution in [3.63, 3.8) is 0 Å². The predicted molar refractivity (Wildman–Crippen MR) is 122 cm³/mol. The summed E-state index contributed by atoms with van der Waals surface area (Å²) in [6, 6.07) is 14.7. The molecule has 7 nitrogen and oxygen atoms in total. The van der Waals surface area contributed by atoms with Gasteiger partial charge in [0.05, 0.1) is 29.0 Å². The van der Waals surface area contributed by atoms with Gasteiger partial charge < -0.3 is 18.5 Å². The van der Waals surface area contributed by atoms with E-state index in [1.54, 1.807) is 41.8 Å². The summed E-state index contributed by atoms with van der Waals surface area (Å²) in [6.07, 6.45) is 0.603. The molecule has 0 N–H and O–H groups in total. The summed E-state index contributed by atoms with van der Waals surface area (Å²) in [5, 5.41) is 1.47. The molecule has 2 aliphatic heterocycles. The van der Waals surface area contributed by atoms with Crippen LogP contribution in [0.2, 0.25) is 0 Å². The number of carbonyl (C=O) groups is 1. The molecule has 166 valence electrons. The lowest BCUT2D eigenvalue weighted by atomic mass is 9.87. The summed E-state index contributed by atoms with van der Waals surface area (Å²) in [6.45, 7) is 2.44. The molecule has 0 radical (unpaired) electrons. The van der Waals surface area contributed by atoms with Gasteiger partial charge in [0.1, 0.15) is 11.3 Å². The summed E-state index contributed by atoms with van der Waals surface area (Å²) < 4.78 is 18.7. The Morgan fingerprint density at radius 1 is 1.15 bits per heavy atom. The standard InChI is InChI=1S/C26H21NO6/c1-2-31-26(30)23-19(20-22(33-23)16-10-3-4-11-18(16)32-25(20)29)17-13-15-8-5-7-14-9-6-12-27(21(14)15)24(17)28/h3-5,7-8,10-11,13,19,23H,2,6,9,12H2,1H3/t19-,23-/m1/s1. The van der Waals surface area contributed by atoms with Crippen LogP contribution in [0, 0.1) is 0 Å². The molecule has 0 bridgehead atoms. The SMILES string of the molecule is CCOC(=O)[C@@H]1Oc2c(c(=O)oc3ccccc23)[C@H]1c1cc2cccc3c2n(c1=O)CCC3. The van der Waals surface area contributed by atoms with Crippen LogP contribution in [0.25, 0.3) is 21.9 Å². The lowest BCUT2D eigenvalue weighted by molar-refractivity contribution is -0.151. The molecule has 0 amide bonds. The topological polar surface area (TPSA) is 87.7 Å². The average molecular weight is 443 g/mol. The number of rotatable bonds is 3. The van der Waals surface area contributed by atoms with Gasteiger partial charge in [-0.05, 0) is 48.9 Å². The minimum absolute atomic E-state index is 0.155. The lowest BCUT2D eigenvalue weighted by Crippen LogP contribution is -2.37. The summed E-state index contributed by atoms with van der Waals surface area (Å²) >= 11 is 0. The van der Waals surface area contributed by atoms with Gasteiger partial charge in [-0.2, -0.15) is 0 Å². The Hall–Kier alpha value is -3.87. The summed E-state index contributed by atoms with van der Waals surface area (Å²) in [7, 11) is 0. The highest BCUT2D eigenvalue weighted by molar-refractivity contribution is 5.89. The van der Waals surface area contributed by atoms with Crippen molar-refractivity contribution < 1.29 is 18.7 Å². The first-order valence-electron chi connectivity index (χ1n) is 11.1. The van der Waals surface area contributed by atoms with Crippen molar-refractivity contribution >= 4 is 27.8 Å². The number of pyridine rings is 1. The number of esters is 1. The Bertz CT molecular complexity index is 1560. The van der Waals surface area contributed by atoms with Crippen LogP contribution in [0.15, 0.2) is 62.5 Å². The van der Waals surface area contributed by atoms with Crippen LogP contribution in [0.4, 0.5) is 0 Å². The number of carbonyl (C=O) groups excluding carboxylic acids is 1. The van der Waals surface area contributed by atoms with Crippen molar-refractivity contribution in [2.45, 2.75) is 38.3 Å². The van der Waals surface area contributed by atoms with Gasteiger partial charge >= 0.3 is 11.6 Å². The number of para-hydroxylation sites is 2. The quantitative estimate of drug-likeness (QED) is 0.356. The second kappa shape index (κ2) is 7.33. The molecule has 2 atom stereocenters. The highest BCUT2D eigenvalue weighted by Gasteiger charge is 2.46. The number of aromatic nitrogens is 1. The number of ether oxygens (including phenoxy) is 2. The zero-order valence-electron chi connectivity index (χ0n) is 18.0. The van der Waals surface area contributed by atoms with Gasteiger partial charge in [-0.1, -0.05) is 30.3 Å². The van der Waals surface area contributed by atoms with Crippen LogP contribution in [0.5, 0.6) is 5.75 Å². The minimum Gasteiger partial charge on any atom is -0.476 e. The smallest absolute Gasteiger partial charge is 0.348 e. The van der Waals surface area contributed by atoms with Gasteiger partial charge in [-0.3, -0.25) is 4.79 Å². The third kappa shape index (κ3) is 2.85. The molecule has 2 aromatic heterocycles. The molecule has 6 rings (SSSR count). The Kier molecular flexibility index (Phi) is 4.40. The van der Waals surface area contributed by atoms with E-state index in [1.165, 1.54) is 0 Å². The zero-order valence-corrected chi connectivity index (χ0v) is 18.0. The van der Waals surface area contributed by atoms with Crippen molar-refractivity contribution in [3.05, 3.63) is 86.0 Å². The van der Waals surface area contributed by atoms with Gasteiger partial charge in [0.15, 0.2) is 0 Å². The average Bonchev–Trinajstić information content (AvgIpc) is 3.23. The second-order valence-electron chi connectivity index (χ2n) is 8.41. The molecule has 2 aliphatic rings. The maximum atomic E-state index is 13.7. The van der Waals surface area contributed by atoms with Crippen LogP contribution in [0.3, 0.4) is 0 Å². The molecule has 0 saturated heterocycles. The summed E-state index contributed by atoms with van der Waals surface area (Å²) in [5.41, 5.74) is 2.07. The van der Waals surface area contributed by atoms with Crippen molar-refractivity contribution in [1.29, 1.82) is 0 Å². The molecule has 0 unspecified atom stereocenters. The lowest BCUT2D eigenvalue weighted by Gasteiger charge is -2.23. The van der Waals surface area contributed by atoms with Gasteiger partial charge in [-0.25, -0.2) is 9.59 Å². The highest BCUT2D eigenvalue weighted by Crippen LogP contribution is 2.44. The Morgan fingerprint density at radius 3 is 2.85 bits per heavy atom. The number of aryl methyl sites for hydroxylation is 2. The van der Waals surface area contributed by atoms with Crippen LogP contribution in [0.1, 0.15) is 36.0 Å². The van der Waals surface area contributed by atoms with E-state index in [4.69, 9.17) is 13.9 Å². The predicted octanol–water partition coefficient (Wildman–Crippen LogP) is 3.51. The first-order valence-corrected chi connectivity index (χ1v) is 11.1. The Balaban J connectivity index is 1.66. The van der Waals surface area contributed by atoms with Crippen molar-refractivity contribution in [3.8, 4) is 5.75 Å². The normalized spacial score (nSPS) is 18.8. The molecule has 2 aromatic carbocycles. The van der Waals surface area contributed by atoms with E-state index in [-0.39, 0.29) is 23.5 Å². The van der Waals surface area contributed by atoms with E-state index < -0.39 is 23.6 Å². The first-order chi connectivity index (χ1) is 16.1. The van der Waals surface area contributed by atoms with Crippen molar-refractivity contribution in [2.24, 2.45) is 0 Å². The fourth-order valence-corrected chi connectivity index (χ4v) is 5.21. The van der Waals surface area contributed by atoms with Crippen LogP contribution in [-0.4, -0.2) is 23.2 Å². The van der Waals surface area contributed by atoms with Gasteiger partial charge in [-0.15, -0.1) is 0 Å². The number of hydrogen-bond acceptors (Lipinski definition) is 6. The zero-order chi connectivity index (χ0) is 22.7. The van der Waals surface area contributed by atoms with Crippen LogP contribution < -0.4 is 15.9 Å². The molecular formula is C26H21NO6. The second-order valence-corrected chi connectivity index (χ2v) is 8.41. The molecule has 4 aromatic rings. The summed E-state index contributed by atoms with van der Waals surface area (Å²) in [5.74, 6) is -1.27. The van der Waals surface area contributed by atoms with E-state index in [0.717, 1.165) is 29.3 Å². The van der Waals surface area contributed by atoms with Crippen molar-refractivity contribution in [1.82, 2.24) is 4.57 Å². The minimum atomic E-state index is -1.15. The highest BCUT2D eigenvalue weighted by atomic mass is 16.6. The molecule has 0 spiro atoms. The third-order valence-electron chi connectivity index (χ3n) is 6.56. The number of fused-ring (bicyclic) bond motifs is 3. The van der Waals surface area contributed by atoms with E-state index in [9.17, 15) is 14.4 Å². The molecule has 7 heteroatoms. The maximum Gasteiger partial charge on any atom is 0.348 e. The van der Waals surface area contributed by atoms with E-state index in [1.807, 2.05) is 18.2 Å². The number of benzene rings is 2. The Labute approximate surface area is 188 Å². The van der Waals surface area contributed by atoms with E-state index in [0.29, 0.717) is 23.1 Å². The molecule has 4 heterocycles. The molecular weight excluding hydrogens is 422 g/mol. The fourth-order valence-electron chi connectivity index (χ4n) is 5.21. The molecule has 33 heavy (non-hydrogen) atoms. The largest absolute Gasteiger partial charge is 0.476 e. The van der Waals surface area contributed by atoms with Crippen LogP contribution in [-0.2, 0) is 22.5 Å². The molecule has 0 saturated carbocycles. The molecule has 0 aliphatic carbocycles. The monoisotopic (exact) mass is 443 g/mol. The Morgan fingerprint density at radius 2 is 2.00 bits per heavy atom. The van der Waals surface area contributed by atoms with E-state index >= 15 is 0 Å².